The normalized spacial score (nSPS) is 14.6. The lowest BCUT2D eigenvalue weighted by Crippen LogP contribution is -2.43. The van der Waals surface area contributed by atoms with E-state index in [9.17, 15) is 9.59 Å². The van der Waals surface area contributed by atoms with E-state index in [0.29, 0.717) is 6.42 Å². The van der Waals surface area contributed by atoms with Crippen LogP contribution in [0, 0.1) is 0 Å². The molecular weight excluding hydrogens is 342 g/mol. The molecule has 6 heteroatoms. The number of hydrogen-bond acceptors (Lipinski definition) is 3. The van der Waals surface area contributed by atoms with Crippen molar-refractivity contribution in [3.63, 3.8) is 0 Å². The number of ether oxygens (including phenoxy) is 1. The molecule has 0 fully saturated rings. The van der Waals surface area contributed by atoms with Gasteiger partial charge in [-0.2, -0.15) is 0 Å². The van der Waals surface area contributed by atoms with Gasteiger partial charge in [-0.3, -0.25) is 9.59 Å². The molecule has 0 aromatic rings. The lowest BCUT2D eigenvalue weighted by molar-refractivity contribution is -0.873. The highest BCUT2D eigenvalue weighted by atomic mass is 35.5. The largest absolute Gasteiger partial charge is 0.481 e. The number of carbonyl (C=O) groups excluding carboxylic acids is 1. The molecule has 0 saturated carbocycles. The second kappa shape index (κ2) is 15.4. The summed E-state index contributed by atoms with van der Waals surface area (Å²) in [5.74, 6) is -1.56. The molecule has 150 valence electrons. The van der Waals surface area contributed by atoms with Crippen molar-refractivity contribution in [2.45, 2.75) is 83.7 Å². The maximum Gasteiger partial charge on any atom is 0.307 e. The smallest absolute Gasteiger partial charge is 0.307 e. The van der Waals surface area contributed by atoms with Crippen LogP contribution in [0.1, 0.15) is 81.7 Å². The Hall–Kier alpha value is -0.810. The van der Waals surface area contributed by atoms with Crippen LogP contribution in [-0.2, 0) is 14.3 Å². The van der Waals surface area contributed by atoms with Crippen LogP contribution < -0.4 is 0 Å². The van der Waals surface area contributed by atoms with Crippen LogP contribution in [0.4, 0.5) is 0 Å². The molecule has 0 radical (unpaired) electrons. The van der Waals surface area contributed by atoms with Gasteiger partial charge < -0.3 is 14.3 Å². The van der Waals surface area contributed by atoms with Crippen LogP contribution >= 0.6 is 12.4 Å². The molecule has 0 aromatic heterocycles. The number of carboxylic acids is 1. The fourth-order valence-corrected chi connectivity index (χ4v) is 2.67. The van der Waals surface area contributed by atoms with Crippen LogP contribution in [0.3, 0.4) is 0 Å². The Balaban J connectivity index is 0. The highest BCUT2D eigenvalue weighted by Crippen LogP contribution is 2.12. The van der Waals surface area contributed by atoms with Crippen molar-refractivity contribution < 1.29 is 28.0 Å². The molecule has 0 bridgehead atoms. The quantitative estimate of drug-likeness (QED) is 0.258. The Bertz CT molecular complexity index is 445. The van der Waals surface area contributed by atoms with E-state index < -0.39 is 29.5 Å². The molecule has 0 aliphatic carbocycles. The third-order valence-electron chi connectivity index (χ3n) is 3.84. The van der Waals surface area contributed by atoms with Crippen molar-refractivity contribution in [2.24, 2.45) is 0 Å². The van der Waals surface area contributed by atoms with E-state index >= 15 is 0 Å². The summed E-state index contributed by atoms with van der Waals surface area (Å²) in [5.41, 5.74) is 0. The van der Waals surface area contributed by atoms with Gasteiger partial charge in [-0.1, -0.05) is 58.3 Å². The zero-order valence-electron chi connectivity index (χ0n) is 19.1. The summed E-state index contributed by atoms with van der Waals surface area (Å²) < 4.78 is 27.5. The molecule has 5 nitrogen and oxygen atoms in total. The van der Waals surface area contributed by atoms with Crippen molar-refractivity contribution in [3.8, 4) is 0 Å². The summed E-state index contributed by atoms with van der Waals surface area (Å²) in [6.07, 6.45) is 9.16. The third kappa shape index (κ3) is 19.4. The topological polar surface area (TPSA) is 63.6 Å². The molecule has 0 aliphatic heterocycles. The first-order valence-corrected chi connectivity index (χ1v) is 9.24. The van der Waals surface area contributed by atoms with Crippen LogP contribution in [0.5, 0.6) is 0 Å². The number of esters is 1. The lowest BCUT2D eigenvalue weighted by atomic mass is 10.1. The molecule has 0 amide bonds. The molecule has 0 unspecified atom stereocenters. The number of aliphatic carboxylic acids is 1. The highest BCUT2D eigenvalue weighted by molar-refractivity contribution is 5.85. The SMILES string of the molecule is Cl.[2H]C([2H])([2H])[N+](C)(C)C[C@@H](CC(=O)O)OC(=O)CCCCCCCCCCC. The Kier molecular flexibility index (Phi) is 12.7. The van der Waals surface area contributed by atoms with E-state index in [2.05, 4.69) is 6.92 Å². The summed E-state index contributed by atoms with van der Waals surface area (Å²) in [4.78, 5) is 23.0. The standard InChI is InChI=1S/C19H37NO4.ClH/c1-5-6-7-8-9-10-11-12-13-14-19(23)24-17(15-18(21)22)16-20(2,3)4;/h17H,5-16H2,1-4H3;1H/p+1/t17-;/m1./s1/i2D3;. The number of carboxylic acid groups (broad SMARTS) is 1. The van der Waals surface area contributed by atoms with Gasteiger partial charge in [0.1, 0.15) is 6.54 Å². The number of nitrogens with zero attached hydrogens (tertiary/aromatic N) is 1. The molecular formula is C19H39ClNO4+. The van der Waals surface area contributed by atoms with E-state index in [-0.39, 0.29) is 31.8 Å². The second-order valence-corrected chi connectivity index (χ2v) is 7.16. The Morgan fingerprint density at radius 1 is 1.04 bits per heavy atom. The van der Waals surface area contributed by atoms with Gasteiger partial charge in [-0.25, -0.2) is 0 Å². The Morgan fingerprint density at radius 2 is 1.56 bits per heavy atom. The minimum absolute atomic E-state index is 0. The summed E-state index contributed by atoms with van der Waals surface area (Å²) >= 11 is 0. The van der Waals surface area contributed by atoms with Crippen molar-refractivity contribution in [1.29, 1.82) is 0 Å². The van der Waals surface area contributed by atoms with Gasteiger partial charge in [0.2, 0.25) is 0 Å². The molecule has 0 heterocycles. The van der Waals surface area contributed by atoms with Crippen molar-refractivity contribution >= 4 is 24.3 Å². The third-order valence-corrected chi connectivity index (χ3v) is 3.84. The first-order chi connectivity index (χ1) is 12.5. The summed E-state index contributed by atoms with van der Waals surface area (Å²) in [7, 11) is 2.96. The van der Waals surface area contributed by atoms with Crippen LogP contribution in [0.25, 0.3) is 0 Å². The van der Waals surface area contributed by atoms with Gasteiger partial charge >= 0.3 is 11.9 Å². The number of likely N-dealkylation sites (N-methyl/N-ethyl adjacent to an activating group) is 1. The predicted octanol–water partition coefficient (Wildman–Crippen LogP) is 4.42. The summed E-state index contributed by atoms with van der Waals surface area (Å²) in [5, 5.41) is 9.01. The minimum Gasteiger partial charge on any atom is -0.481 e. The summed E-state index contributed by atoms with van der Waals surface area (Å²) in [6.45, 7) is -0.171. The van der Waals surface area contributed by atoms with Gasteiger partial charge in [0.05, 0.1) is 31.6 Å². The number of hydrogen-bond donors (Lipinski definition) is 1. The van der Waals surface area contributed by atoms with Gasteiger partial charge in [-0.05, 0) is 6.42 Å². The zero-order chi connectivity index (χ0) is 20.9. The molecule has 0 aromatic carbocycles. The lowest BCUT2D eigenvalue weighted by Gasteiger charge is -2.28. The highest BCUT2D eigenvalue weighted by Gasteiger charge is 2.24. The average molecular weight is 384 g/mol. The van der Waals surface area contributed by atoms with Gasteiger partial charge in [0.15, 0.2) is 6.10 Å². The van der Waals surface area contributed by atoms with Crippen LogP contribution in [0.15, 0.2) is 0 Å². The fraction of sp³-hybridized carbons (Fsp3) is 0.895. The maximum atomic E-state index is 12.0. The first kappa shape index (κ1) is 20.5. The van der Waals surface area contributed by atoms with Crippen LogP contribution in [0.2, 0.25) is 0 Å². The molecule has 1 atom stereocenters. The van der Waals surface area contributed by atoms with E-state index in [1.54, 1.807) is 0 Å². The number of rotatable bonds is 15. The van der Waals surface area contributed by atoms with E-state index in [4.69, 9.17) is 14.0 Å². The van der Waals surface area contributed by atoms with Gasteiger partial charge in [0.25, 0.3) is 0 Å². The summed E-state index contributed by atoms with van der Waals surface area (Å²) in [6, 6.07) is 0. The van der Waals surface area contributed by atoms with Crippen molar-refractivity contribution in [2.75, 3.05) is 27.6 Å². The minimum atomic E-state index is -2.31. The molecule has 0 spiro atoms. The Labute approximate surface area is 164 Å². The van der Waals surface area contributed by atoms with Crippen LogP contribution in [-0.4, -0.2) is 55.2 Å². The van der Waals surface area contributed by atoms with E-state index in [1.807, 2.05) is 0 Å². The first-order valence-electron chi connectivity index (χ1n) is 10.7. The number of quaternary nitrogens is 1. The molecule has 1 N–H and O–H groups in total. The van der Waals surface area contributed by atoms with Gasteiger partial charge in [0, 0.05) is 6.42 Å². The molecule has 0 saturated heterocycles. The number of carbonyl (C=O) groups is 2. The zero-order valence-corrected chi connectivity index (χ0v) is 16.9. The molecule has 0 rings (SSSR count). The second-order valence-electron chi connectivity index (χ2n) is 7.16. The van der Waals surface area contributed by atoms with Gasteiger partial charge in [-0.15, -0.1) is 12.4 Å². The maximum absolute atomic E-state index is 12.0. The van der Waals surface area contributed by atoms with E-state index in [1.165, 1.54) is 52.6 Å². The Morgan fingerprint density at radius 3 is 2.04 bits per heavy atom. The molecule has 0 aliphatic rings. The fourth-order valence-electron chi connectivity index (χ4n) is 2.67. The molecule has 25 heavy (non-hydrogen) atoms. The monoisotopic (exact) mass is 383 g/mol. The predicted molar refractivity (Wildman–Crippen MR) is 104 cm³/mol. The average Bonchev–Trinajstić information content (AvgIpc) is 2.51. The van der Waals surface area contributed by atoms with E-state index in [0.717, 1.165) is 12.8 Å². The van der Waals surface area contributed by atoms with Crippen molar-refractivity contribution in [1.82, 2.24) is 0 Å². The number of halogens is 1. The number of unbranched alkanes of at least 4 members (excludes halogenated alkanes) is 8. The van der Waals surface area contributed by atoms with Crippen molar-refractivity contribution in [3.05, 3.63) is 0 Å².